The highest BCUT2D eigenvalue weighted by atomic mass is 19.1. The number of hydrogen-bond donors (Lipinski definition) is 1. The number of aliphatic hydroxyl groups is 1. The van der Waals surface area contributed by atoms with Gasteiger partial charge in [-0.3, -0.25) is 0 Å². The van der Waals surface area contributed by atoms with Gasteiger partial charge in [-0.1, -0.05) is 6.07 Å². The number of nitrogens with zero attached hydrogens (tertiary/aromatic N) is 1. The van der Waals surface area contributed by atoms with Crippen LogP contribution in [-0.2, 0) is 0 Å². The zero-order valence-electron chi connectivity index (χ0n) is 9.07. The first kappa shape index (κ1) is 10.4. The largest absolute Gasteiger partial charge is 0.393 e. The van der Waals surface area contributed by atoms with Crippen LogP contribution in [0.3, 0.4) is 0 Å². The van der Waals surface area contributed by atoms with Gasteiger partial charge < -0.3 is 10.0 Å². The van der Waals surface area contributed by atoms with E-state index in [0.29, 0.717) is 12.1 Å². The topological polar surface area (TPSA) is 23.5 Å². The second-order valence-electron chi connectivity index (χ2n) is 4.06. The van der Waals surface area contributed by atoms with E-state index in [0.717, 1.165) is 12.2 Å². The fraction of sp³-hybridized carbons (Fsp3) is 0.500. The second kappa shape index (κ2) is 3.81. The van der Waals surface area contributed by atoms with Crippen LogP contribution in [0.5, 0.6) is 0 Å². The van der Waals surface area contributed by atoms with E-state index in [-0.39, 0.29) is 11.7 Å². The van der Waals surface area contributed by atoms with Crippen molar-refractivity contribution in [3.8, 4) is 0 Å². The van der Waals surface area contributed by atoms with Crippen LogP contribution < -0.4 is 4.90 Å². The van der Waals surface area contributed by atoms with Crippen molar-refractivity contribution in [1.82, 2.24) is 0 Å². The SMILES string of the molecule is CCN1CC(C(C)O)c2c(F)cccc21. The van der Waals surface area contributed by atoms with Crippen LogP contribution >= 0.6 is 0 Å². The maximum atomic E-state index is 13.7. The van der Waals surface area contributed by atoms with Gasteiger partial charge in [-0.15, -0.1) is 0 Å². The average Bonchev–Trinajstić information content (AvgIpc) is 2.58. The van der Waals surface area contributed by atoms with Gasteiger partial charge in [0.1, 0.15) is 5.82 Å². The van der Waals surface area contributed by atoms with Crippen molar-refractivity contribution in [2.45, 2.75) is 25.9 Å². The lowest BCUT2D eigenvalue weighted by Gasteiger charge is -2.17. The van der Waals surface area contributed by atoms with E-state index in [1.807, 2.05) is 13.0 Å². The average molecular weight is 209 g/mol. The maximum Gasteiger partial charge on any atom is 0.128 e. The quantitative estimate of drug-likeness (QED) is 0.806. The molecule has 1 N–H and O–H groups in total. The molecule has 2 nitrogen and oxygen atoms in total. The molecule has 15 heavy (non-hydrogen) atoms. The third-order valence-corrected chi connectivity index (χ3v) is 3.12. The molecule has 0 radical (unpaired) electrons. The molecule has 0 spiro atoms. The van der Waals surface area contributed by atoms with Crippen LogP contribution in [0.2, 0.25) is 0 Å². The smallest absolute Gasteiger partial charge is 0.128 e. The Kier molecular flexibility index (Phi) is 2.65. The summed E-state index contributed by atoms with van der Waals surface area (Å²) in [5.41, 5.74) is 1.61. The summed E-state index contributed by atoms with van der Waals surface area (Å²) in [5, 5.41) is 9.64. The molecule has 0 aromatic heterocycles. The Balaban J connectivity index is 2.48. The number of aliphatic hydroxyl groups excluding tert-OH is 1. The Morgan fingerprint density at radius 2 is 2.33 bits per heavy atom. The molecule has 82 valence electrons. The Morgan fingerprint density at radius 1 is 1.60 bits per heavy atom. The number of anilines is 1. The van der Waals surface area contributed by atoms with Crippen molar-refractivity contribution >= 4 is 5.69 Å². The minimum atomic E-state index is -0.503. The van der Waals surface area contributed by atoms with Gasteiger partial charge in [0.2, 0.25) is 0 Å². The van der Waals surface area contributed by atoms with E-state index in [1.165, 1.54) is 6.07 Å². The number of halogens is 1. The zero-order chi connectivity index (χ0) is 11.0. The van der Waals surface area contributed by atoms with Crippen molar-refractivity contribution in [2.75, 3.05) is 18.0 Å². The fourth-order valence-electron chi connectivity index (χ4n) is 2.29. The van der Waals surface area contributed by atoms with Gasteiger partial charge in [-0.2, -0.15) is 0 Å². The Bertz CT molecular complexity index is 365. The molecule has 2 atom stereocenters. The van der Waals surface area contributed by atoms with Gasteiger partial charge in [-0.05, 0) is 26.0 Å². The third kappa shape index (κ3) is 1.61. The molecule has 2 rings (SSSR count). The summed E-state index contributed by atoms with van der Waals surface area (Å²) in [5.74, 6) is -0.296. The fourth-order valence-corrected chi connectivity index (χ4v) is 2.29. The lowest BCUT2D eigenvalue weighted by molar-refractivity contribution is 0.166. The molecule has 0 saturated heterocycles. The lowest BCUT2D eigenvalue weighted by Crippen LogP contribution is -2.25. The van der Waals surface area contributed by atoms with Crippen LogP contribution in [0.15, 0.2) is 18.2 Å². The molecular weight excluding hydrogens is 193 g/mol. The molecule has 0 aliphatic carbocycles. The highest BCUT2D eigenvalue weighted by Gasteiger charge is 2.33. The van der Waals surface area contributed by atoms with E-state index in [9.17, 15) is 9.50 Å². The van der Waals surface area contributed by atoms with Crippen LogP contribution in [0, 0.1) is 5.82 Å². The van der Waals surface area contributed by atoms with E-state index in [4.69, 9.17) is 0 Å². The van der Waals surface area contributed by atoms with Crippen molar-refractivity contribution in [1.29, 1.82) is 0 Å². The van der Waals surface area contributed by atoms with E-state index >= 15 is 0 Å². The van der Waals surface area contributed by atoms with Gasteiger partial charge in [0.15, 0.2) is 0 Å². The number of likely N-dealkylation sites (N-methyl/N-ethyl adjacent to an activating group) is 1. The molecular formula is C12H16FNO. The van der Waals surface area contributed by atoms with Crippen LogP contribution in [0.1, 0.15) is 25.3 Å². The zero-order valence-corrected chi connectivity index (χ0v) is 9.07. The van der Waals surface area contributed by atoms with Crippen molar-refractivity contribution in [3.05, 3.63) is 29.6 Å². The lowest BCUT2D eigenvalue weighted by atomic mass is 9.96. The van der Waals surface area contributed by atoms with Gasteiger partial charge in [0, 0.05) is 30.3 Å². The molecule has 1 aromatic carbocycles. The third-order valence-electron chi connectivity index (χ3n) is 3.12. The molecule has 0 amide bonds. The molecule has 0 fully saturated rings. The molecule has 1 aromatic rings. The number of fused-ring (bicyclic) bond motifs is 1. The van der Waals surface area contributed by atoms with E-state index in [1.54, 1.807) is 13.0 Å². The molecule has 1 heterocycles. The minimum Gasteiger partial charge on any atom is -0.393 e. The molecule has 3 heteroatoms. The first-order valence-electron chi connectivity index (χ1n) is 5.36. The predicted octanol–water partition coefficient (Wildman–Crippen LogP) is 2.13. The van der Waals surface area contributed by atoms with Crippen LogP contribution in [0.25, 0.3) is 0 Å². The van der Waals surface area contributed by atoms with Crippen molar-refractivity contribution in [2.24, 2.45) is 0 Å². The van der Waals surface area contributed by atoms with Crippen molar-refractivity contribution < 1.29 is 9.50 Å². The van der Waals surface area contributed by atoms with Crippen LogP contribution in [-0.4, -0.2) is 24.3 Å². The van der Waals surface area contributed by atoms with Gasteiger partial charge >= 0.3 is 0 Å². The molecule has 1 aliphatic heterocycles. The summed E-state index contributed by atoms with van der Waals surface area (Å²) in [6, 6.07) is 5.11. The van der Waals surface area contributed by atoms with Gasteiger partial charge in [0.05, 0.1) is 6.10 Å². The molecule has 0 saturated carbocycles. The first-order valence-corrected chi connectivity index (χ1v) is 5.36. The Morgan fingerprint density at radius 3 is 2.93 bits per heavy atom. The molecule has 0 bridgehead atoms. The Labute approximate surface area is 89.3 Å². The predicted molar refractivity (Wildman–Crippen MR) is 58.7 cm³/mol. The summed E-state index contributed by atoms with van der Waals surface area (Å²) in [7, 11) is 0. The minimum absolute atomic E-state index is 0.0962. The Hall–Kier alpha value is -1.09. The first-order chi connectivity index (χ1) is 7.15. The normalized spacial score (nSPS) is 21.6. The number of benzene rings is 1. The summed E-state index contributed by atoms with van der Waals surface area (Å²) in [6.07, 6.45) is -0.503. The summed E-state index contributed by atoms with van der Waals surface area (Å²) in [6.45, 7) is 5.32. The van der Waals surface area contributed by atoms with E-state index < -0.39 is 6.10 Å². The molecule has 2 unspecified atom stereocenters. The summed E-state index contributed by atoms with van der Waals surface area (Å²) in [4.78, 5) is 2.11. The van der Waals surface area contributed by atoms with E-state index in [2.05, 4.69) is 4.90 Å². The maximum absolute atomic E-state index is 13.7. The molecule has 1 aliphatic rings. The van der Waals surface area contributed by atoms with Gasteiger partial charge in [0.25, 0.3) is 0 Å². The standard InChI is InChI=1S/C12H16FNO/c1-3-14-7-9(8(2)15)12-10(13)5-4-6-11(12)14/h4-6,8-9,15H,3,7H2,1-2H3. The van der Waals surface area contributed by atoms with Crippen molar-refractivity contribution in [3.63, 3.8) is 0 Å². The monoisotopic (exact) mass is 209 g/mol. The number of rotatable bonds is 2. The number of hydrogen-bond acceptors (Lipinski definition) is 2. The second-order valence-corrected chi connectivity index (χ2v) is 4.06. The summed E-state index contributed by atoms with van der Waals surface area (Å²) >= 11 is 0. The van der Waals surface area contributed by atoms with Crippen LogP contribution in [0.4, 0.5) is 10.1 Å². The van der Waals surface area contributed by atoms with Gasteiger partial charge in [-0.25, -0.2) is 4.39 Å². The summed E-state index contributed by atoms with van der Waals surface area (Å²) < 4.78 is 13.7. The highest BCUT2D eigenvalue weighted by Crippen LogP contribution is 2.39. The highest BCUT2D eigenvalue weighted by molar-refractivity contribution is 5.61.